The number of benzene rings is 2. The summed E-state index contributed by atoms with van der Waals surface area (Å²) in [5, 5.41) is 14.7. The Bertz CT molecular complexity index is 1580. The van der Waals surface area contributed by atoms with E-state index in [2.05, 4.69) is 42.2 Å². The summed E-state index contributed by atoms with van der Waals surface area (Å²) in [7, 11) is 0. The molecule has 0 bridgehead atoms. The van der Waals surface area contributed by atoms with Crippen LogP contribution in [0.5, 0.6) is 0 Å². The predicted octanol–water partition coefficient (Wildman–Crippen LogP) is 4.15. The van der Waals surface area contributed by atoms with E-state index in [0.717, 1.165) is 28.6 Å². The third-order valence-electron chi connectivity index (χ3n) is 5.33. The first-order chi connectivity index (χ1) is 16.7. The molecule has 0 unspecified atom stereocenters. The fourth-order valence-corrected chi connectivity index (χ4v) is 3.73. The highest BCUT2D eigenvalue weighted by atomic mass is 16.1. The number of fused-ring (bicyclic) bond motifs is 1. The molecule has 0 aliphatic rings. The van der Waals surface area contributed by atoms with Crippen molar-refractivity contribution in [3.8, 4) is 17.3 Å². The third kappa shape index (κ3) is 4.31. The molecule has 0 spiro atoms. The van der Waals surface area contributed by atoms with E-state index in [4.69, 9.17) is 0 Å². The number of hydrogen-bond acceptors (Lipinski definition) is 6. The van der Waals surface area contributed by atoms with Gasteiger partial charge in [-0.3, -0.25) is 14.8 Å². The number of nitrogens with one attached hydrogen (secondary N) is 2. The van der Waals surface area contributed by atoms with E-state index in [0.29, 0.717) is 11.3 Å². The highest BCUT2D eigenvalue weighted by Crippen LogP contribution is 2.20. The van der Waals surface area contributed by atoms with E-state index in [1.807, 2.05) is 60.9 Å². The molecule has 0 saturated heterocycles. The second kappa shape index (κ2) is 9.22. The van der Waals surface area contributed by atoms with Crippen molar-refractivity contribution in [1.29, 1.82) is 5.26 Å². The van der Waals surface area contributed by atoms with Gasteiger partial charge < -0.3 is 4.57 Å². The monoisotopic (exact) mass is 445 g/mol. The minimum Gasteiger partial charge on any atom is -0.343 e. The van der Waals surface area contributed by atoms with Gasteiger partial charge in [-0.1, -0.05) is 42.5 Å². The molecule has 8 nitrogen and oxygen atoms in total. The zero-order chi connectivity index (χ0) is 23.3. The van der Waals surface area contributed by atoms with Gasteiger partial charge in [0.1, 0.15) is 11.6 Å². The molecule has 0 saturated carbocycles. The Morgan fingerprint density at radius 2 is 2.00 bits per heavy atom. The number of rotatable bonds is 6. The lowest BCUT2D eigenvalue weighted by atomic mass is 10.1. The fraction of sp³-hybridized carbons (Fsp3) is 0.0385. The molecule has 8 heteroatoms. The molecule has 34 heavy (non-hydrogen) atoms. The number of hydrogen-bond donors (Lipinski definition) is 2. The number of pyridine rings is 1. The van der Waals surface area contributed by atoms with E-state index in [1.54, 1.807) is 24.5 Å². The minimum atomic E-state index is -0.523. The van der Waals surface area contributed by atoms with E-state index < -0.39 is 5.56 Å². The molecular formula is C26H19N7O. The maximum Gasteiger partial charge on any atom is 0.270 e. The van der Waals surface area contributed by atoms with Crippen LogP contribution in [0.1, 0.15) is 16.7 Å². The van der Waals surface area contributed by atoms with Gasteiger partial charge in [0.05, 0.1) is 11.9 Å². The standard InChI is InChI=1S/C26H19N7O/c27-14-22-24(20-6-2-1-3-7-20)30-26(31-25(22)34)32-29-16-18-8-9-23-21(13-18)10-12-33(23)17-19-5-4-11-28-15-19/h1-13,15-16H,17H2,(H2,30,31,32,34). The summed E-state index contributed by atoms with van der Waals surface area (Å²) >= 11 is 0. The van der Waals surface area contributed by atoms with Gasteiger partial charge in [-0.2, -0.15) is 10.4 Å². The smallest absolute Gasteiger partial charge is 0.270 e. The maximum absolute atomic E-state index is 12.4. The summed E-state index contributed by atoms with van der Waals surface area (Å²) in [5.74, 6) is 0.155. The second-order valence-corrected chi connectivity index (χ2v) is 7.61. The molecule has 3 aromatic heterocycles. The largest absolute Gasteiger partial charge is 0.343 e. The number of anilines is 1. The van der Waals surface area contributed by atoms with Crippen LogP contribution in [0.3, 0.4) is 0 Å². The van der Waals surface area contributed by atoms with Crippen LogP contribution in [0.25, 0.3) is 22.2 Å². The zero-order valence-corrected chi connectivity index (χ0v) is 18.0. The van der Waals surface area contributed by atoms with E-state index >= 15 is 0 Å². The van der Waals surface area contributed by atoms with Crippen molar-refractivity contribution < 1.29 is 0 Å². The van der Waals surface area contributed by atoms with Crippen molar-refractivity contribution in [2.45, 2.75) is 6.54 Å². The summed E-state index contributed by atoms with van der Waals surface area (Å²) in [6.07, 6.45) is 7.33. The van der Waals surface area contributed by atoms with Crippen molar-refractivity contribution in [1.82, 2.24) is 19.5 Å². The summed E-state index contributed by atoms with van der Waals surface area (Å²) in [4.78, 5) is 23.5. The number of H-pyrrole nitrogens is 1. The molecule has 0 fully saturated rings. The van der Waals surface area contributed by atoms with E-state index in [1.165, 1.54) is 0 Å². The highest BCUT2D eigenvalue weighted by molar-refractivity contribution is 5.89. The third-order valence-corrected chi connectivity index (χ3v) is 5.33. The molecule has 0 amide bonds. The lowest BCUT2D eigenvalue weighted by Crippen LogP contribution is -2.16. The van der Waals surface area contributed by atoms with Gasteiger partial charge in [-0.15, -0.1) is 0 Å². The van der Waals surface area contributed by atoms with Crippen molar-refractivity contribution >= 4 is 23.1 Å². The molecule has 164 valence electrons. The number of nitrogens with zero attached hydrogens (tertiary/aromatic N) is 5. The summed E-state index contributed by atoms with van der Waals surface area (Å²) in [5.41, 5.74) is 6.32. The molecule has 5 aromatic rings. The van der Waals surface area contributed by atoms with Crippen LogP contribution < -0.4 is 11.0 Å². The van der Waals surface area contributed by atoms with Crippen LogP contribution in [0, 0.1) is 11.3 Å². The van der Waals surface area contributed by atoms with Gasteiger partial charge in [0.2, 0.25) is 5.95 Å². The number of nitriles is 1. The molecule has 0 aliphatic heterocycles. The topological polar surface area (TPSA) is 112 Å². The Labute approximate surface area is 194 Å². The average molecular weight is 445 g/mol. The molecule has 2 N–H and O–H groups in total. The molecule has 0 radical (unpaired) electrons. The second-order valence-electron chi connectivity index (χ2n) is 7.61. The van der Waals surface area contributed by atoms with Gasteiger partial charge in [0.15, 0.2) is 0 Å². The first kappa shape index (κ1) is 20.8. The van der Waals surface area contributed by atoms with Crippen molar-refractivity contribution in [2.75, 3.05) is 5.43 Å². The van der Waals surface area contributed by atoms with Crippen LogP contribution in [0.4, 0.5) is 5.95 Å². The molecule has 0 atom stereocenters. The predicted molar refractivity (Wildman–Crippen MR) is 132 cm³/mol. The Morgan fingerprint density at radius 1 is 1.12 bits per heavy atom. The quantitative estimate of drug-likeness (QED) is 0.301. The fourth-order valence-electron chi connectivity index (χ4n) is 3.73. The first-order valence-corrected chi connectivity index (χ1v) is 10.6. The van der Waals surface area contributed by atoms with Crippen LogP contribution in [0.15, 0.2) is 95.2 Å². The van der Waals surface area contributed by atoms with Gasteiger partial charge >= 0.3 is 0 Å². The first-order valence-electron chi connectivity index (χ1n) is 10.6. The van der Waals surface area contributed by atoms with E-state index in [-0.39, 0.29) is 11.5 Å². The van der Waals surface area contributed by atoms with Gasteiger partial charge in [-0.05, 0) is 35.4 Å². The normalized spacial score (nSPS) is 11.0. The molecular weight excluding hydrogens is 426 g/mol. The van der Waals surface area contributed by atoms with Gasteiger partial charge in [0, 0.05) is 41.6 Å². The van der Waals surface area contributed by atoms with Gasteiger partial charge in [0.25, 0.3) is 5.56 Å². The number of hydrazone groups is 1. The van der Waals surface area contributed by atoms with Crippen molar-refractivity contribution in [2.24, 2.45) is 5.10 Å². The van der Waals surface area contributed by atoms with Crippen LogP contribution in [-0.2, 0) is 6.54 Å². The summed E-state index contributed by atoms with van der Waals surface area (Å²) < 4.78 is 2.17. The molecule has 3 heterocycles. The Balaban J connectivity index is 1.36. The molecule has 5 rings (SSSR count). The van der Waals surface area contributed by atoms with Gasteiger partial charge in [-0.25, -0.2) is 10.4 Å². The SMILES string of the molecule is N#Cc1c(-c2ccccc2)nc(NN=Cc2ccc3c(ccn3Cc3cccnc3)c2)[nH]c1=O. The lowest BCUT2D eigenvalue weighted by Gasteiger charge is -2.06. The Kier molecular flexibility index (Phi) is 5.65. The summed E-state index contributed by atoms with van der Waals surface area (Å²) in [6.45, 7) is 0.744. The Hall–Kier alpha value is -5.03. The van der Waals surface area contributed by atoms with Crippen molar-refractivity contribution in [3.63, 3.8) is 0 Å². The Morgan fingerprint density at radius 3 is 2.79 bits per heavy atom. The van der Waals surface area contributed by atoms with E-state index in [9.17, 15) is 10.1 Å². The number of aromatic amines is 1. The van der Waals surface area contributed by atoms with Crippen LogP contribution >= 0.6 is 0 Å². The zero-order valence-electron chi connectivity index (χ0n) is 18.0. The summed E-state index contributed by atoms with van der Waals surface area (Å²) in [6, 6.07) is 23.1. The maximum atomic E-state index is 12.4. The van der Waals surface area contributed by atoms with Crippen LogP contribution in [0.2, 0.25) is 0 Å². The highest BCUT2D eigenvalue weighted by Gasteiger charge is 2.12. The number of aromatic nitrogens is 4. The average Bonchev–Trinajstić information content (AvgIpc) is 3.26. The lowest BCUT2D eigenvalue weighted by molar-refractivity contribution is 0.831. The molecule has 2 aromatic carbocycles. The molecule has 0 aliphatic carbocycles. The van der Waals surface area contributed by atoms with Crippen LogP contribution in [-0.4, -0.2) is 25.7 Å². The minimum absolute atomic E-state index is 0.0398. The van der Waals surface area contributed by atoms with Crippen molar-refractivity contribution in [3.05, 3.63) is 112 Å².